The number of hydrogen-bond acceptors (Lipinski definition) is 5. The molecule has 108 valence electrons. The quantitative estimate of drug-likeness (QED) is 0.882. The van der Waals surface area contributed by atoms with Gasteiger partial charge in [-0.15, -0.1) is 11.3 Å². The van der Waals surface area contributed by atoms with Crippen molar-refractivity contribution in [1.82, 2.24) is 15.5 Å². The van der Waals surface area contributed by atoms with Crippen molar-refractivity contribution in [3.05, 3.63) is 35.6 Å². The first-order valence-electron chi connectivity index (χ1n) is 7.13. The molecule has 2 aromatic heterocycles. The number of amides is 1. The molecule has 0 spiro atoms. The molecule has 0 unspecified atom stereocenters. The van der Waals surface area contributed by atoms with Crippen LogP contribution in [-0.4, -0.2) is 22.6 Å². The van der Waals surface area contributed by atoms with Crippen LogP contribution in [-0.2, 0) is 0 Å². The van der Waals surface area contributed by atoms with Gasteiger partial charge in [0.1, 0.15) is 0 Å². The summed E-state index contributed by atoms with van der Waals surface area (Å²) in [4.78, 5) is 17.1. The topological polar surface area (TPSA) is 68.0 Å². The molecular weight excluding hydrogens is 286 g/mol. The van der Waals surface area contributed by atoms with Crippen molar-refractivity contribution in [1.29, 1.82) is 0 Å². The molecule has 3 atom stereocenters. The summed E-state index contributed by atoms with van der Waals surface area (Å²) in [5, 5.41) is 8.71. The van der Waals surface area contributed by atoms with Gasteiger partial charge in [-0.1, -0.05) is 23.4 Å². The van der Waals surface area contributed by atoms with Gasteiger partial charge >= 0.3 is 11.8 Å². The van der Waals surface area contributed by atoms with E-state index in [2.05, 4.69) is 27.6 Å². The van der Waals surface area contributed by atoms with E-state index < -0.39 is 0 Å². The largest absolute Gasteiger partial charge is 0.348 e. The average Bonchev–Trinajstić information content (AvgIpc) is 3.28. The van der Waals surface area contributed by atoms with Crippen molar-refractivity contribution in [3.63, 3.8) is 0 Å². The van der Waals surface area contributed by atoms with Gasteiger partial charge in [-0.3, -0.25) is 4.79 Å². The molecular formula is C15H15N3O2S. The molecule has 0 aliphatic heterocycles. The first-order valence-corrected chi connectivity index (χ1v) is 8.01. The summed E-state index contributed by atoms with van der Waals surface area (Å²) in [5.41, 5.74) is 0. The normalized spacial score (nSPS) is 26.4. The van der Waals surface area contributed by atoms with Crippen LogP contribution in [0.25, 0.3) is 10.7 Å². The fourth-order valence-electron chi connectivity index (χ4n) is 3.25. The zero-order valence-corrected chi connectivity index (χ0v) is 12.2. The van der Waals surface area contributed by atoms with Crippen molar-refractivity contribution in [2.75, 3.05) is 6.54 Å². The van der Waals surface area contributed by atoms with Crippen molar-refractivity contribution >= 4 is 17.2 Å². The third kappa shape index (κ3) is 2.40. The van der Waals surface area contributed by atoms with Crippen LogP contribution in [0.2, 0.25) is 0 Å². The third-order valence-electron chi connectivity index (χ3n) is 4.30. The molecule has 2 bridgehead atoms. The summed E-state index contributed by atoms with van der Waals surface area (Å²) in [6.07, 6.45) is 7.00. The van der Waals surface area contributed by atoms with Crippen LogP contribution in [0.1, 0.15) is 23.5 Å². The zero-order chi connectivity index (χ0) is 14.2. The number of nitrogens with zero attached hydrogens (tertiary/aromatic N) is 2. The van der Waals surface area contributed by atoms with Gasteiger partial charge in [0.05, 0.1) is 4.88 Å². The Hall–Kier alpha value is -1.95. The van der Waals surface area contributed by atoms with Gasteiger partial charge in [-0.25, -0.2) is 0 Å². The lowest BCUT2D eigenvalue weighted by Crippen LogP contribution is -2.31. The Morgan fingerprint density at radius 2 is 2.38 bits per heavy atom. The van der Waals surface area contributed by atoms with Crippen LogP contribution in [0.5, 0.6) is 0 Å². The third-order valence-corrected chi connectivity index (χ3v) is 5.17. The Bertz CT molecular complexity index is 677. The van der Waals surface area contributed by atoms with E-state index in [9.17, 15) is 4.79 Å². The highest BCUT2D eigenvalue weighted by Crippen LogP contribution is 2.42. The smallest absolute Gasteiger partial charge is 0.316 e. The highest BCUT2D eigenvalue weighted by atomic mass is 32.1. The number of thiophene rings is 1. The SMILES string of the molecule is O=C(NC[C@H]1C[C@H]2C=C[C@H]1C2)c1nc(-c2cccs2)no1. The summed E-state index contributed by atoms with van der Waals surface area (Å²) < 4.78 is 5.05. The maximum atomic E-state index is 12.1. The number of nitrogens with one attached hydrogen (secondary N) is 1. The number of rotatable bonds is 4. The van der Waals surface area contributed by atoms with E-state index in [-0.39, 0.29) is 11.8 Å². The highest BCUT2D eigenvalue weighted by molar-refractivity contribution is 7.13. The van der Waals surface area contributed by atoms with Crippen molar-refractivity contribution in [3.8, 4) is 10.7 Å². The number of allylic oxidation sites excluding steroid dienone is 2. The molecule has 2 heterocycles. The van der Waals surface area contributed by atoms with E-state index in [1.54, 1.807) is 0 Å². The Morgan fingerprint density at radius 3 is 3.10 bits per heavy atom. The Morgan fingerprint density at radius 1 is 1.43 bits per heavy atom. The van der Waals surface area contributed by atoms with Gasteiger partial charge in [-0.05, 0) is 42.0 Å². The van der Waals surface area contributed by atoms with Crippen molar-refractivity contribution in [2.24, 2.45) is 17.8 Å². The van der Waals surface area contributed by atoms with Gasteiger partial charge in [0.15, 0.2) is 0 Å². The summed E-state index contributed by atoms with van der Waals surface area (Å²) in [7, 11) is 0. The minimum atomic E-state index is -0.281. The highest BCUT2D eigenvalue weighted by Gasteiger charge is 2.35. The number of fused-ring (bicyclic) bond motifs is 2. The molecule has 2 aromatic rings. The molecule has 0 radical (unpaired) electrons. The lowest BCUT2D eigenvalue weighted by atomic mass is 9.94. The second-order valence-electron chi connectivity index (χ2n) is 5.65. The zero-order valence-electron chi connectivity index (χ0n) is 11.4. The second-order valence-corrected chi connectivity index (χ2v) is 6.60. The predicted molar refractivity (Wildman–Crippen MR) is 78.8 cm³/mol. The minimum Gasteiger partial charge on any atom is -0.348 e. The first kappa shape index (κ1) is 12.8. The maximum absolute atomic E-state index is 12.1. The summed E-state index contributed by atoms with van der Waals surface area (Å²) >= 11 is 1.52. The fourth-order valence-corrected chi connectivity index (χ4v) is 3.90. The van der Waals surface area contributed by atoms with E-state index in [0.29, 0.717) is 30.1 Å². The van der Waals surface area contributed by atoms with Gasteiger partial charge in [0, 0.05) is 6.54 Å². The summed E-state index contributed by atoms with van der Waals surface area (Å²) in [6, 6.07) is 3.82. The molecule has 21 heavy (non-hydrogen) atoms. The molecule has 1 N–H and O–H groups in total. The van der Waals surface area contributed by atoms with Crippen molar-refractivity contribution < 1.29 is 9.32 Å². The van der Waals surface area contributed by atoms with Crippen LogP contribution in [0.15, 0.2) is 34.2 Å². The second kappa shape index (κ2) is 5.11. The maximum Gasteiger partial charge on any atom is 0.316 e. The van der Waals surface area contributed by atoms with Crippen molar-refractivity contribution in [2.45, 2.75) is 12.8 Å². The van der Waals surface area contributed by atoms with Gasteiger partial charge in [0.25, 0.3) is 0 Å². The molecule has 6 heteroatoms. The summed E-state index contributed by atoms with van der Waals surface area (Å²) in [6.45, 7) is 0.682. The lowest BCUT2D eigenvalue weighted by Gasteiger charge is -2.17. The Kier molecular flexibility index (Phi) is 3.11. The number of carbonyl (C=O) groups excluding carboxylic acids is 1. The molecule has 0 aromatic carbocycles. The first-order chi connectivity index (χ1) is 10.3. The van der Waals surface area contributed by atoms with Crippen LogP contribution in [0.3, 0.4) is 0 Å². The molecule has 4 rings (SSSR count). The standard InChI is InChI=1S/C15H15N3O2S/c19-14(16-8-11-7-9-3-4-10(11)6-9)15-17-13(18-20-15)12-2-1-5-21-12/h1-5,9-11H,6-8H2,(H,16,19)/t9-,10-,11+/m0/s1. The molecule has 1 saturated carbocycles. The van der Waals surface area contributed by atoms with Gasteiger partial charge < -0.3 is 9.84 Å². The molecule has 1 amide bonds. The monoisotopic (exact) mass is 301 g/mol. The average molecular weight is 301 g/mol. The van der Waals surface area contributed by atoms with E-state index >= 15 is 0 Å². The predicted octanol–water partition coefficient (Wildman–Crippen LogP) is 2.74. The van der Waals surface area contributed by atoms with Gasteiger partial charge in [-0.2, -0.15) is 4.98 Å². The van der Waals surface area contributed by atoms with Crippen LogP contribution in [0.4, 0.5) is 0 Å². The Labute approximate surface area is 126 Å². The number of hydrogen-bond donors (Lipinski definition) is 1. The van der Waals surface area contributed by atoms with E-state index in [1.807, 2.05) is 17.5 Å². The van der Waals surface area contributed by atoms with E-state index in [4.69, 9.17) is 4.52 Å². The van der Waals surface area contributed by atoms with Gasteiger partial charge in [0.2, 0.25) is 5.82 Å². The molecule has 2 aliphatic rings. The minimum absolute atomic E-state index is 0.0390. The molecule has 1 fully saturated rings. The lowest BCUT2D eigenvalue weighted by molar-refractivity contribution is 0.0901. The van der Waals surface area contributed by atoms with Crippen LogP contribution < -0.4 is 5.32 Å². The number of aromatic nitrogens is 2. The number of carbonyl (C=O) groups is 1. The van der Waals surface area contributed by atoms with E-state index in [0.717, 1.165) is 4.88 Å². The molecule has 5 nitrogen and oxygen atoms in total. The summed E-state index contributed by atoms with van der Waals surface area (Å²) in [5.74, 6) is 2.11. The van der Waals surface area contributed by atoms with Crippen LogP contribution >= 0.6 is 11.3 Å². The Balaban J connectivity index is 1.38. The van der Waals surface area contributed by atoms with Crippen LogP contribution in [0, 0.1) is 17.8 Å². The molecule has 0 saturated heterocycles. The van der Waals surface area contributed by atoms with E-state index in [1.165, 1.54) is 24.2 Å². The molecule has 2 aliphatic carbocycles. The fraction of sp³-hybridized carbons (Fsp3) is 0.400.